The van der Waals surface area contributed by atoms with E-state index in [2.05, 4.69) is 20.2 Å². The van der Waals surface area contributed by atoms with Crippen molar-refractivity contribution in [2.24, 2.45) is 5.73 Å². The van der Waals surface area contributed by atoms with Gasteiger partial charge in [-0.25, -0.2) is 4.98 Å². The van der Waals surface area contributed by atoms with Crippen molar-refractivity contribution in [3.8, 4) is 0 Å². The Kier molecular flexibility index (Phi) is 2.49. The standard InChI is InChI=1S/C12H12N6/c1-8-5-10(12-15-7-16-18(12)17-8)11(13)9-3-2-4-14-6-9/h2-7,11H,13H2,1H3. The number of aryl methyl sites for hydroxylation is 1. The van der Waals surface area contributed by atoms with E-state index in [0.717, 1.165) is 16.8 Å². The third kappa shape index (κ3) is 1.72. The minimum absolute atomic E-state index is 0.285. The largest absolute Gasteiger partial charge is 0.320 e. The number of pyridine rings is 1. The maximum Gasteiger partial charge on any atom is 0.181 e. The molecule has 6 nitrogen and oxygen atoms in total. The highest BCUT2D eigenvalue weighted by Crippen LogP contribution is 2.21. The Morgan fingerprint density at radius 1 is 1.39 bits per heavy atom. The second kappa shape index (κ2) is 4.15. The van der Waals surface area contributed by atoms with E-state index in [1.165, 1.54) is 11.0 Å². The van der Waals surface area contributed by atoms with Crippen LogP contribution in [0.4, 0.5) is 0 Å². The number of hydrogen-bond acceptors (Lipinski definition) is 5. The van der Waals surface area contributed by atoms with Gasteiger partial charge in [0.15, 0.2) is 5.65 Å². The van der Waals surface area contributed by atoms with Gasteiger partial charge in [0.1, 0.15) is 6.33 Å². The molecule has 0 saturated carbocycles. The molecule has 0 aliphatic carbocycles. The van der Waals surface area contributed by atoms with E-state index in [0.29, 0.717) is 5.65 Å². The molecule has 0 saturated heterocycles. The van der Waals surface area contributed by atoms with Gasteiger partial charge in [0.25, 0.3) is 0 Å². The summed E-state index contributed by atoms with van der Waals surface area (Å²) >= 11 is 0. The minimum atomic E-state index is -0.285. The normalized spacial score (nSPS) is 12.8. The van der Waals surface area contributed by atoms with Gasteiger partial charge in [-0.2, -0.15) is 5.10 Å². The SMILES string of the molecule is Cc1cc(C(N)c2cccnc2)c2ncnn2n1. The fourth-order valence-corrected chi connectivity index (χ4v) is 1.94. The molecule has 0 aromatic carbocycles. The lowest BCUT2D eigenvalue weighted by atomic mass is 10.0. The Bertz CT molecular complexity index is 675. The van der Waals surface area contributed by atoms with Crippen molar-refractivity contribution in [1.29, 1.82) is 0 Å². The van der Waals surface area contributed by atoms with Gasteiger partial charge in [-0.3, -0.25) is 4.98 Å². The maximum atomic E-state index is 6.26. The lowest BCUT2D eigenvalue weighted by Gasteiger charge is -2.12. The molecule has 6 heteroatoms. The Morgan fingerprint density at radius 2 is 2.28 bits per heavy atom. The topological polar surface area (TPSA) is 82.0 Å². The molecule has 0 fully saturated rings. The van der Waals surface area contributed by atoms with Crippen LogP contribution in [0.3, 0.4) is 0 Å². The summed E-state index contributed by atoms with van der Waals surface area (Å²) in [4.78, 5) is 8.28. The quantitative estimate of drug-likeness (QED) is 0.719. The Morgan fingerprint density at radius 3 is 3.06 bits per heavy atom. The van der Waals surface area contributed by atoms with Gasteiger partial charge in [-0.15, -0.1) is 9.73 Å². The van der Waals surface area contributed by atoms with E-state index in [-0.39, 0.29) is 6.04 Å². The van der Waals surface area contributed by atoms with Crippen LogP contribution in [0.2, 0.25) is 0 Å². The van der Waals surface area contributed by atoms with E-state index in [1.54, 1.807) is 12.4 Å². The molecule has 1 atom stereocenters. The summed E-state index contributed by atoms with van der Waals surface area (Å²) < 4.78 is 1.50. The average Bonchev–Trinajstić information content (AvgIpc) is 2.86. The first-order chi connectivity index (χ1) is 8.75. The van der Waals surface area contributed by atoms with Crippen LogP contribution in [0.25, 0.3) is 5.65 Å². The van der Waals surface area contributed by atoms with Crippen molar-refractivity contribution >= 4 is 5.65 Å². The monoisotopic (exact) mass is 240 g/mol. The van der Waals surface area contributed by atoms with Gasteiger partial charge >= 0.3 is 0 Å². The Hall–Kier alpha value is -2.34. The first-order valence-electron chi connectivity index (χ1n) is 5.59. The van der Waals surface area contributed by atoms with Crippen LogP contribution in [0.15, 0.2) is 36.9 Å². The molecule has 0 amide bonds. The number of nitrogens with two attached hydrogens (primary N) is 1. The highest BCUT2D eigenvalue weighted by Gasteiger charge is 2.15. The molecule has 2 N–H and O–H groups in total. The average molecular weight is 240 g/mol. The molecule has 3 rings (SSSR count). The zero-order chi connectivity index (χ0) is 12.5. The van der Waals surface area contributed by atoms with Gasteiger partial charge in [0.05, 0.1) is 11.7 Å². The molecule has 3 heterocycles. The summed E-state index contributed by atoms with van der Waals surface area (Å²) in [6.45, 7) is 1.90. The zero-order valence-corrected chi connectivity index (χ0v) is 9.85. The Balaban J connectivity index is 2.17. The van der Waals surface area contributed by atoms with Crippen molar-refractivity contribution in [3.05, 3.63) is 53.7 Å². The van der Waals surface area contributed by atoms with E-state index >= 15 is 0 Å². The van der Waals surface area contributed by atoms with Crippen molar-refractivity contribution in [2.75, 3.05) is 0 Å². The van der Waals surface area contributed by atoms with E-state index < -0.39 is 0 Å². The summed E-state index contributed by atoms with van der Waals surface area (Å²) in [6.07, 6.45) is 4.95. The number of hydrogen-bond donors (Lipinski definition) is 1. The second-order valence-electron chi connectivity index (χ2n) is 4.08. The molecule has 0 aliphatic heterocycles. The minimum Gasteiger partial charge on any atom is -0.320 e. The van der Waals surface area contributed by atoms with Crippen LogP contribution in [0.5, 0.6) is 0 Å². The van der Waals surface area contributed by atoms with Gasteiger partial charge in [-0.1, -0.05) is 6.07 Å². The van der Waals surface area contributed by atoms with Gasteiger partial charge in [0, 0.05) is 18.0 Å². The summed E-state index contributed by atoms with van der Waals surface area (Å²) in [5, 5.41) is 8.28. The van der Waals surface area contributed by atoms with Gasteiger partial charge in [0.2, 0.25) is 0 Å². The molecule has 18 heavy (non-hydrogen) atoms. The zero-order valence-electron chi connectivity index (χ0n) is 9.85. The van der Waals surface area contributed by atoms with Crippen LogP contribution < -0.4 is 5.73 Å². The third-order valence-electron chi connectivity index (χ3n) is 2.78. The summed E-state index contributed by atoms with van der Waals surface area (Å²) in [6, 6.07) is 5.46. The Labute approximate surface area is 103 Å². The molecule has 1 unspecified atom stereocenters. The van der Waals surface area contributed by atoms with Crippen LogP contribution in [0, 0.1) is 6.92 Å². The van der Waals surface area contributed by atoms with E-state index in [4.69, 9.17) is 5.73 Å². The fourth-order valence-electron chi connectivity index (χ4n) is 1.94. The van der Waals surface area contributed by atoms with Crippen LogP contribution in [-0.2, 0) is 0 Å². The summed E-state index contributed by atoms with van der Waals surface area (Å²) in [5.74, 6) is 0. The predicted molar refractivity (Wildman–Crippen MR) is 65.8 cm³/mol. The first kappa shape index (κ1) is 10.8. The van der Waals surface area contributed by atoms with Crippen LogP contribution in [0.1, 0.15) is 22.9 Å². The first-order valence-corrected chi connectivity index (χ1v) is 5.59. The molecule has 3 aromatic rings. The molecule has 0 radical (unpaired) electrons. The van der Waals surface area contributed by atoms with Crippen molar-refractivity contribution in [1.82, 2.24) is 24.8 Å². The van der Waals surface area contributed by atoms with Crippen LogP contribution >= 0.6 is 0 Å². The van der Waals surface area contributed by atoms with Gasteiger partial charge in [-0.05, 0) is 24.6 Å². The molecule has 0 spiro atoms. The lowest BCUT2D eigenvalue weighted by Crippen LogP contribution is -2.15. The van der Waals surface area contributed by atoms with E-state index in [9.17, 15) is 0 Å². The molecule has 0 bridgehead atoms. The van der Waals surface area contributed by atoms with Gasteiger partial charge < -0.3 is 5.73 Å². The number of rotatable bonds is 2. The molecule has 0 aliphatic rings. The molecule has 3 aromatic heterocycles. The maximum absolute atomic E-state index is 6.26. The predicted octanol–water partition coefficient (Wildman–Crippen LogP) is 0.876. The summed E-state index contributed by atoms with van der Waals surface area (Å²) in [5.41, 5.74) is 9.62. The van der Waals surface area contributed by atoms with Crippen molar-refractivity contribution < 1.29 is 0 Å². The molecular weight excluding hydrogens is 228 g/mol. The second-order valence-corrected chi connectivity index (χ2v) is 4.08. The van der Waals surface area contributed by atoms with Crippen LogP contribution in [-0.4, -0.2) is 24.8 Å². The highest BCUT2D eigenvalue weighted by molar-refractivity contribution is 5.50. The van der Waals surface area contributed by atoms with E-state index in [1.807, 2.05) is 25.1 Å². The fraction of sp³-hybridized carbons (Fsp3) is 0.167. The highest BCUT2D eigenvalue weighted by atomic mass is 15.4. The summed E-state index contributed by atoms with van der Waals surface area (Å²) in [7, 11) is 0. The smallest absolute Gasteiger partial charge is 0.181 e. The number of aromatic nitrogens is 5. The number of nitrogens with zero attached hydrogens (tertiary/aromatic N) is 5. The number of fused-ring (bicyclic) bond motifs is 1. The molecule has 90 valence electrons. The van der Waals surface area contributed by atoms with Crippen molar-refractivity contribution in [3.63, 3.8) is 0 Å². The molecular formula is C12H12N6. The lowest BCUT2D eigenvalue weighted by molar-refractivity contribution is 0.757. The third-order valence-corrected chi connectivity index (χ3v) is 2.78. The van der Waals surface area contributed by atoms with Crippen molar-refractivity contribution in [2.45, 2.75) is 13.0 Å².